The van der Waals surface area contributed by atoms with Crippen LogP contribution in [-0.4, -0.2) is 48.9 Å². The van der Waals surface area contributed by atoms with Crippen LogP contribution in [0.15, 0.2) is 18.2 Å². The molecule has 1 saturated carbocycles. The molecule has 0 bridgehead atoms. The zero-order valence-corrected chi connectivity index (χ0v) is 16.0. The molecule has 0 spiro atoms. The standard InChI is InChI=1S/C21H31BN3O/c1-16(22)18-14-17(8-9-19(18)23)20(26)24-15-21(10-4-2-5-11-21)25-12-6-3-7-13-25/h8-9,14H,2-7,10-13,15,23H2,1H3,(H,24,26). The van der Waals surface area contributed by atoms with E-state index >= 15 is 0 Å². The first kappa shape index (κ1) is 19.2. The van der Waals surface area contributed by atoms with Crippen LogP contribution in [0.5, 0.6) is 0 Å². The molecule has 1 amide bonds. The number of benzene rings is 1. The third-order valence-electron chi connectivity index (χ3n) is 6.13. The van der Waals surface area contributed by atoms with Crippen molar-refractivity contribution in [2.75, 3.05) is 25.4 Å². The number of likely N-dealkylation sites (tertiary alicyclic amines) is 1. The molecule has 0 atom stereocenters. The summed E-state index contributed by atoms with van der Waals surface area (Å²) in [5.41, 5.74) is 8.72. The van der Waals surface area contributed by atoms with Crippen LogP contribution in [0.1, 0.15) is 74.2 Å². The Hall–Kier alpha value is -1.62. The van der Waals surface area contributed by atoms with Gasteiger partial charge in [-0.15, -0.1) is 0 Å². The normalized spacial score (nSPS) is 20.5. The van der Waals surface area contributed by atoms with Gasteiger partial charge in [-0.05, 0) is 0 Å². The van der Waals surface area contributed by atoms with Crippen LogP contribution in [0.3, 0.4) is 0 Å². The third-order valence-corrected chi connectivity index (χ3v) is 6.13. The van der Waals surface area contributed by atoms with Gasteiger partial charge in [-0.2, -0.15) is 0 Å². The SMILES string of the molecule is [B]=C(C)c1cc(C(=O)NCC2(N3CCCCC3)CCCCC2)ccc1N. The molecular weight excluding hydrogens is 321 g/mol. The van der Waals surface area contributed by atoms with Crippen molar-refractivity contribution in [3.63, 3.8) is 0 Å². The van der Waals surface area contributed by atoms with Crippen LogP contribution in [0.4, 0.5) is 5.69 Å². The summed E-state index contributed by atoms with van der Waals surface area (Å²) in [6, 6.07) is 5.35. The number of hydrogen-bond donors (Lipinski definition) is 2. The second kappa shape index (κ2) is 8.38. The summed E-state index contributed by atoms with van der Waals surface area (Å²) in [6.45, 7) is 4.88. The minimum absolute atomic E-state index is 0.0329. The minimum atomic E-state index is -0.0329. The molecule has 4 nitrogen and oxygen atoms in total. The van der Waals surface area contributed by atoms with Crippen LogP contribution < -0.4 is 11.1 Å². The fourth-order valence-corrected chi connectivity index (χ4v) is 4.57. The van der Waals surface area contributed by atoms with Gasteiger partial charge >= 0.3 is 158 Å². The Morgan fingerprint density at radius 1 is 1.15 bits per heavy atom. The summed E-state index contributed by atoms with van der Waals surface area (Å²) in [6.07, 6.45) is 10.1. The summed E-state index contributed by atoms with van der Waals surface area (Å²) in [5, 5.41) is 3.22. The van der Waals surface area contributed by atoms with Crippen molar-refractivity contribution < 1.29 is 4.79 Å². The van der Waals surface area contributed by atoms with Gasteiger partial charge in [0.25, 0.3) is 0 Å². The number of nitrogens with two attached hydrogens (primary N) is 1. The summed E-state index contributed by atoms with van der Waals surface area (Å²) in [5.74, 6) is -0.0329. The predicted octanol–water partition coefficient (Wildman–Crippen LogP) is 2.90. The molecule has 1 radical (unpaired) electrons. The molecule has 2 aliphatic rings. The summed E-state index contributed by atoms with van der Waals surface area (Å²) in [4.78, 5) is 15.4. The molecule has 3 N–H and O–H groups in total. The number of amides is 1. The molecule has 3 rings (SSSR count). The summed E-state index contributed by atoms with van der Waals surface area (Å²) >= 11 is 0. The van der Waals surface area contributed by atoms with Gasteiger partial charge in [-0.25, -0.2) is 0 Å². The number of rotatable bonds is 5. The molecule has 26 heavy (non-hydrogen) atoms. The maximum atomic E-state index is 12.8. The van der Waals surface area contributed by atoms with Crippen LogP contribution in [0.25, 0.3) is 0 Å². The number of carbonyl (C=O) groups excluding carboxylic acids is 1. The van der Waals surface area contributed by atoms with Crippen LogP contribution in [0, 0.1) is 0 Å². The van der Waals surface area contributed by atoms with Gasteiger partial charge in [-0.1, -0.05) is 0 Å². The van der Waals surface area contributed by atoms with E-state index in [4.69, 9.17) is 13.2 Å². The number of nitrogens with zero attached hydrogens (tertiary/aromatic N) is 1. The monoisotopic (exact) mass is 352 g/mol. The number of anilines is 1. The predicted molar refractivity (Wildman–Crippen MR) is 110 cm³/mol. The first-order valence-corrected chi connectivity index (χ1v) is 10.0. The molecule has 0 unspecified atom stereocenters. The van der Waals surface area contributed by atoms with E-state index in [0.717, 1.165) is 12.1 Å². The van der Waals surface area contributed by atoms with Crippen LogP contribution in [0.2, 0.25) is 0 Å². The Bertz CT molecular complexity index is 661. The molecule has 0 aromatic heterocycles. The quantitative estimate of drug-likeness (QED) is 0.633. The van der Waals surface area contributed by atoms with Crippen molar-refractivity contribution in [3.05, 3.63) is 29.3 Å². The Labute approximate surface area is 158 Å². The molecule has 1 saturated heterocycles. The zero-order chi connectivity index (χ0) is 18.6. The van der Waals surface area contributed by atoms with Gasteiger partial charge in [0.1, 0.15) is 0 Å². The molecule has 1 aliphatic heterocycles. The zero-order valence-electron chi connectivity index (χ0n) is 16.0. The fraction of sp³-hybridized carbons (Fsp3) is 0.619. The van der Waals surface area contributed by atoms with E-state index in [2.05, 4.69) is 10.2 Å². The summed E-state index contributed by atoms with van der Waals surface area (Å²) < 4.78 is 0. The molecule has 1 heterocycles. The fourth-order valence-electron chi connectivity index (χ4n) is 4.57. The van der Waals surface area contributed by atoms with Crippen LogP contribution >= 0.6 is 0 Å². The Balaban J connectivity index is 1.71. The van der Waals surface area contributed by atoms with E-state index in [-0.39, 0.29) is 11.4 Å². The van der Waals surface area contributed by atoms with Crippen molar-refractivity contribution in [2.45, 2.75) is 63.8 Å². The summed E-state index contributed by atoms with van der Waals surface area (Å²) in [7, 11) is 5.89. The molecule has 1 aromatic carbocycles. The average molecular weight is 352 g/mol. The Morgan fingerprint density at radius 3 is 2.46 bits per heavy atom. The van der Waals surface area contributed by atoms with E-state index in [0.29, 0.717) is 16.7 Å². The van der Waals surface area contributed by atoms with Crippen LogP contribution in [-0.2, 0) is 0 Å². The van der Waals surface area contributed by atoms with E-state index in [1.807, 2.05) is 0 Å². The number of nitrogens with one attached hydrogen (secondary N) is 1. The number of piperidine rings is 1. The van der Waals surface area contributed by atoms with E-state index in [9.17, 15) is 4.79 Å². The van der Waals surface area contributed by atoms with E-state index in [1.54, 1.807) is 25.1 Å². The van der Waals surface area contributed by atoms with E-state index in [1.165, 1.54) is 64.5 Å². The van der Waals surface area contributed by atoms with Gasteiger partial charge in [0.05, 0.1) is 0 Å². The van der Waals surface area contributed by atoms with Gasteiger partial charge in [0.15, 0.2) is 0 Å². The second-order valence-corrected chi connectivity index (χ2v) is 8.00. The van der Waals surface area contributed by atoms with Gasteiger partial charge in [0.2, 0.25) is 0 Å². The molecule has 1 aromatic rings. The molecule has 139 valence electrons. The molecule has 1 aliphatic carbocycles. The van der Waals surface area contributed by atoms with Gasteiger partial charge in [-0.3, -0.25) is 0 Å². The first-order chi connectivity index (χ1) is 12.5. The van der Waals surface area contributed by atoms with Crippen molar-refractivity contribution in [3.8, 4) is 0 Å². The van der Waals surface area contributed by atoms with Gasteiger partial charge in [0, 0.05) is 0 Å². The first-order valence-electron chi connectivity index (χ1n) is 10.0. The van der Waals surface area contributed by atoms with Crippen molar-refractivity contribution >= 4 is 24.5 Å². The van der Waals surface area contributed by atoms with Crippen molar-refractivity contribution in [1.29, 1.82) is 0 Å². The number of hydrogen-bond acceptors (Lipinski definition) is 3. The number of carbonyl (C=O) groups is 1. The van der Waals surface area contributed by atoms with Crippen molar-refractivity contribution in [1.82, 2.24) is 10.2 Å². The Morgan fingerprint density at radius 2 is 1.81 bits per heavy atom. The molecule has 5 heteroatoms. The molecular formula is C21H31BN3O. The third kappa shape index (κ3) is 4.20. The van der Waals surface area contributed by atoms with Crippen molar-refractivity contribution in [2.24, 2.45) is 0 Å². The maximum absolute atomic E-state index is 12.8. The number of nitrogen functional groups attached to an aromatic ring is 1. The second-order valence-electron chi connectivity index (χ2n) is 8.00. The average Bonchev–Trinajstić information content (AvgIpc) is 2.67. The molecule has 2 fully saturated rings. The Kier molecular flexibility index (Phi) is 6.18. The van der Waals surface area contributed by atoms with Gasteiger partial charge < -0.3 is 0 Å². The van der Waals surface area contributed by atoms with E-state index < -0.39 is 0 Å². The topological polar surface area (TPSA) is 58.4 Å².